The summed E-state index contributed by atoms with van der Waals surface area (Å²) in [7, 11) is 5.92. The van der Waals surface area contributed by atoms with Crippen LogP contribution in [0.4, 0.5) is 0 Å². The van der Waals surface area contributed by atoms with Gasteiger partial charge >= 0.3 is 0 Å². The highest BCUT2D eigenvalue weighted by Crippen LogP contribution is 2.18. The van der Waals surface area contributed by atoms with E-state index in [4.69, 9.17) is 4.74 Å². The highest BCUT2D eigenvalue weighted by Gasteiger charge is 2.22. The van der Waals surface area contributed by atoms with Crippen molar-refractivity contribution >= 4 is 29.9 Å². The number of benzene rings is 1. The van der Waals surface area contributed by atoms with E-state index < -0.39 is 0 Å². The van der Waals surface area contributed by atoms with Crippen LogP contribution in [0.1, 0.15) is 25.3 Å². The molecule has 1 heterocycles. The molecule has 1 aromatic carbocycles. The Morgan fingerprint density at radius 2 is 2.07 bits per heavy atom. The van der Waals surface area contributed by atoms with Gasteiger partial charge in [0.1, 0.15) is 12.4 Å². The van der Waals surface area contributed by atoms with Crippen LogP contribution >= 0.6 is 24.0 Å². The number of nitrogens with zero attached hydrogens (tertiary/aromatic N) is 3. The molecule has 1 aromatic rings. The number of para-hydroxylation sites is 1. The second kappa shape index (κ2) is 13.2. The molecule has 0 amide bonds. The average Bonchev–Trinajstić information content (AvgIpc) is 3.10. The SMILES string of the molecule is CCN1CCCC1CNC(=NC)NCc1ccccc1OCCN(C)C.I. The zero-order chi connectivity index (χ0) is 18.8. The molecule has 0 aliphatic carbocycles. The lowest BCUT2D eigenvalue weighted by Gasteiger charge is -2.24. The molecule has 1 saturated heterocycles. The smallest absolute Gasteiger partial charge is 0.191 e. The second-order valence-corrected chi connectivity index (χ2v) is 6.99. The first-order valence-corrected chi connectivity index (χ1v) is 9.68. The summed E-state index contributed by atoms with van der Waals surface area (Å²) in [5.74, 6) is 1.78. The number of nitrogens with one attached hydrogen (secondary N) is 2. The maximum absolute atomic E-state index is 5.94. The van der Waals surface area contributed by atoms with Crippen molar-refractivity contribution in [1.29, 1.82) is 0 Å². The summed E-state index contributed by atoms with van der Waals surface area (Å²) < 4.78 is 5.94. The van der Waals surface area contributed by atoms with Crippen LogP contribution in [0.2, 0.25) is 0 Å². The van der Waals surface area contributed by atoms with Gasteiger partial charge in [0.2, 0.25) is 0 Å². The molecular weight excluding hydrogens is 453 g/mol. The van der Waals surface area contributed by atoms with Gasteiger partial charge in [-0.3, -0.25) is 9.89 Å². The fourth-order valence-corrected chi connectivity index (χ4v) is 3.29. The Kier molecular flexibility index (Phi) is 11.7. The quantitative estimate of drug-likeness (QED) is 0.317. The first-order chi connectivity index (χ1) is 12.6. The molecule has 1 aliphatic rings. The number of likely N-dealkylation sites (N-methyl/N-ethyl adjacent to an activating group) is 2. The van der Waals surface area contributed by atoms with Gasteiger partial charge in [-0.2, -0.15) is 0 Å². The molecule has 0 radical (unpaired) electrons. The molecule has 2 rings (SSSR count). The monoisotopic (exact) mass is 489 g/mol. The minimum Gasteiger partial charge on any atom is -0.492 e. The van der Waals surface area contributed by atoms with Gasteiger partial charge in [-0.05, 0) is 46.1 Å². The predicted molar refractivity (Wildman–Crippen MR) is 124 cm³/mol. The van der Waals surface area contributed by atoms with Crippen LogP contribution in [-0.4, -0.2) is 75.7 Å². The van der Waals surface area contributed by atoms with Gasteiger partial charge in [0.15, 0.2) is 5.96 Å². The van der Waals surface area contributed by atoms with Crippen LogP contribution in [0.3, 0.4) is 0 Å². The summed E-state index contributed by atoms with van der Waals surface area (Å²) in [6.07, 6.45) is 2.56. The fraction of sp³-hybridized carbons (Fsp3) is 0.650. The summed E-state index contributed by atoms with van der Waals surface area (Å²) in [4.78, 5) is 9.01. The van der Waals surface area contributed by atoms with E-state index >= 15 is 0 Å². The Labute approximate surface area is 181 Å². The standard InChI is InChI=1S/C20H35N5O.HI/c1-5-25-12-8-10-18(25)16-23-20(21-2)22-15-17-9-6-7-11-19(17)26-14-13-24(3)4;/h6-7,9,11,18H,5,8,10,12-16H2,1-4H3,(H2,21,22,23);1H. The van der Waals surface area contributed by atoms with E-state index in [0.717, 1.165) is 36.9 Å². The molecule has 0 aromatic heterocycles. The fourth-order valence-electron chi connectivity index (χ4n) is 3.29. The third kappa shape index (κ3) is 8.23. The van der Waals surface area contributed by atoms with Crippen molar-refractivity contribution in [2.24, 2.45) is 4.99 Å². The van der Waals surface area contributed by atoms with E-state index in [1.54, 1.807) is 0 Å². The van der Waals surface area contributed by atoms with Gasteiger partial charge in [-0.15, -0.1) is 24.0 Å². The number of rotatable bonds is 9. The van der Waals surface area contributed by atoms with E-state index in [2.05, 4.69) is 52.5 Å². The van der Waals surface area contributed by atoms with Crippen molar-refractivity contribution in [1.82, 2.24) is 20.4 Å². The van der Waals surface area contributed by atoms with Crippen LogP contribution in [0.5, 0.6) is 5.75 Å². The molecule has 27 heavy (non-hydrogen) atoms. The molecule has 1 atom stereocenters. The Morgan fingerprint density at radius 3 is 2.78 bits per heavy atom. The van der Waals surface area contributed by atoms with Gasteiger partial charge in [0.25, 0.3) is 0 Å². The van der Waals surface area contributed by atoms with Crippen LogP contribution < -0.4 is 15.4 Å². The minimum atomic E-state index is 0. The van der Waals surface area contributed by atoms with Crippen molar-refractivity contribution in [3.05, 3.63) is 29.8 Å². The molecule has 0 bridgehead atoms. The summed E-state index contributed by atoms with van der Waals surface area (Å²) in [5.41, 5.74) is 1.14. The molecule has 1 unspecified atom stereocenters. The van der Waals surface area contributed by atoms with Crippen LogP contribution in [0.25, 0.3) is 0 Å². The molecule has 7 heteroatoms. The molecule has 1 aliphatic heterocycles. The van der Waals surface area contributed by atoms with Crippen molar-refractivity contribution in [3.8, 4) is 5.75 Å². The highest BCUT2D eigenvalue weighted by atomic mass is 127. The van der Waals surface area contributed by atoms with Gasteiger partial charge in [-0.1, -0.05) is 25.1 Å². The lowest BCUT2D eigenvalue weighted by atomic mass is 10.2. The summed E-state index contributed by atoms with van der Waals surface area (Å²) >= 11 is 0. The van der Waals surface area contributed by atoms with Gasteiger partial charge in [-0.25, -0.2) is 0 Å². The van der Waals surface area contributed by atoms with Crippen molar-refractivity contribution in [2.75, 3.05) is 53.9 Å². The summed E-state index contributed by atoms with van der Waals surface area (Å²) in [6, 6.07) is 8.80. The summed E-state index contributed by atoms with van der Waals surface area (Å²) in [5, 5.41) is 6.89. The maximum Gasteiger partial charge on any atom is 0.191 e. The third-order valence-electron chi connectivity index (χ3n) is 4.85. The largest absolute Gasteiger partial charge is 0.492 e. The number of ether oxygens (including phenoxy) is 1. The zero-order valence-corrected chi connectivity index (χ0v) is 19.5. The van der Waals surface area contributed by atoms with E-state index in [0.29, 0.717) is 19.2 Å². The number of guanidine groups is 1. The van der Waals surface area contributed by atoms with Crippen molar-refractivity contribution in [2.45, 2.75) is 32.4 Å². The van der Waals surface area contributed by atoms with E-state index in [-0.39, 0.29) is 24.0 Å². The molecule has 0 spiro atoms. The second-order valence-electron chi connectivity index (χ2n) is 6.99. The van der Waals surface area contributed by atoms with Gasteiger partial charge in [0, 0.05) is 38.3 Å². The normalized spacial score (nSPS) is 17.7. The first kappa shape index (κ1) is 24.0. The molecule has 1 fully saturated rings. The Morgan fingerprint density at radius 1 is 1.30 bits per heavy atom. The Balaban J connectivity index is 0.00000364. The number of hydrogen-bond acceptors (Lipinski definition) is 4. The number of halogens is 1. The maximum atomic E-state index is 5.94. The highest BCUT2D eigenvalue weighted by molar-refractivity contribution is 14.0. The molecular formula is C20H36IN5O. The minimum absolute atomic E-state index is 0. The van der Waals surface area contributed by atoms with Crippen LogP contribution in [0, 0.1) is 0 Å². The molecule has 154 valence electrons. The van der Waals surface area contributed by atoms with E-state index in [1.807, 2.05) is 25.2 Å². The Hall–Kier alpha value is -1.06. The zero-order valence-electron chi connectivity index (χ0n) is 17.2. The molecule has 6 nitrogen and oxygen atoms in total. The van der Waals surface area contributed by atoms with Gasteiger partial charge in [0.05, 0.1) is 0 Å². The van der Waals surface area contributed by atoms with Crippen molar-refractivity contribution in [3.63, 3.8) is 0 Å². The predicted octanol–water partition coefficient (Wildman–Crippen LogP) is 2.39. The number of hydrogen-bond donors (Lipinski definition) is 2. The lowest BCUT2D eigenvalue weighted by molar-refractivity contribution is 0.259. The van der Waals surface area contributed by atoms with Crippen LogP contribution in [-0.2, 0) is 6.54 Å². The van der Waals surface area contributed by atoms with E-state index in [1.165, 1.54) is 19.4 Å². The number of likely N-dealkylation sites (tertiary alicyclic amines) is 1. The topological polar surface area (TPSA) is 52.1 Å². The average molecular weight is 489 g/mol. The first-order valence-electron chi connectivity index (χ1n) is 9.68. The Bertz CT molecular complexity index is 567. The lowest BCUT2D eigenvalue weighted by Crippen LogP contribution is -2.44. The van der Waals surface area contributed by atoms with Crippen molar-refractivity contribution < 1.29 is 4.74 Å². The van der Waals surface area contributed by atoms with Gasteiger partial charge < -0.3 is 20.3 Å². The van der Waals surface area contributed by atoms with E-state index in [9.17, 15) is 0 Å². The van der Waals surface area contributed by atoms with Crippen LogP contribution in [0.15, 0.2) is 29.3 Å². The third-order valence-corrected chi connectivity index (χ3v) is 4.85. The molecule has 2 N–H and O–H groups in total. The molecule has 0 saturated carbocycles. The summed E-state index contributed by atoms with van der Waals surface area (Å²) in [6.45, 7) is 7.79. The number of aliphatic imine (C=N–C) groups is 1.